The van der Waals surface area contributed by atoms with E-state index in [-0.39, 0.29) is 17.8 Å². The van der Waals surface area contributed by atoms with E-state index >= 15 is 0 Å². The summed E-state index contributed by atoms with van der Waals surface area (Å²) >= 11 is 0. The van der Waals surface area contributed by atoms with Crippen molar-refractivity contribution in [3.63, 3.8) is 0 Å². The summed E-state index contributed by atoms with van der Waals surface area (Å²) in [4.78, 5) is 12.5. The van der Waals surface area contributed by atoms with E-state index in [1.54, 1.807) is 0 Å². The molecular formula is C16H23N3O2. The molecule has 1 aromatic rings. The van der Waals surface area contributed by atoms with E-state index in [0.717, 1.165) is 37.2 Å². The van der Waals surface area contributed by atoms with Crippen LogP contribution in [-0.4, -0.2) is 23.0 Å². The zero-order chi connectivity index (χ0) is 15.2. The molecule has 0 aromatic heterocycles. The minimum absolute atomic E-state index is 0.0807. The Hall–Kier alpha value is -2.04. The van der Waals surface area contributed by atoms with Crippen LogP contribution < -0.4 is 11.1 Å². The third kappa shape index (κ3) is 3.97. The normalized spacial score (nSPS) is 24.3. The Morgan fingerprint density at radius 3 is 2.48 bits per heavy atom. The number of carbonyl (C=O) groups excluding carboxylic acids is 1. The SMILES string of the molecule is CC1CCC(NC(=O)C(/C(N)=N/O)c2ccccc2)CC1. The van der Waals surface area contributed by atoms with E-state index in [2.05, 4.69) is 17.4 Å². The van der Waals surface area contributed by atoms with Crippen LogP contribution in [0.3, 0.4) is 0 Å². The number of nitrogens with zero attached hydrogens (tertiary/aromatic N) is 1. The topological polar surface area (TPSA) is 87.7 Å². The van der Waals surface area contributed by atoms with Gasteiger partial charge in [-0.1, -0.05) is 42.4 Å². The average Bonchev–Trinajstić information content (AvgIpc) is 2.50. The summed E-state index contributed by atoms with van der Waals surface area (Å²) < 4.78 is 0. The quantitative estimate of drug-likeness (QED) is 0.344. The summed E-state index contributed by atoms with van der Waals surface area (Å²) in [6.07, 6.45) is 4.24. The lowest BCUT2D eigenvalue weighted by atomic mass is 9.87. The molecule has 0 heterocycles. The molecule has 5 heteroatoms. The monoisotopic (exact) mass is 289 g/mol. The van der Waals surface area contributed by atoms with Crippen LogP contribution in [0.5, 0.6) is 0 Å². The van der Waals surface area contributed by atoms with Gasteiger partial charge in [0.25, 0.3) is 0 Å². The fourth-order valence-electron chi connectivity index (χ4n) is 2.85. The van der Waals surface area contributed by atoms with Crippen molar-refractivity contribution in [3.05, 3.63) is 35.9 Å². The first-order valence-electron chi connectivity index (χ1n) is 7.44. The molecule has 1 aromatic carbocycles. The fraction of sp³-hybridized carbons (Fsp3) is 0.500. The van der Waals surface area contributed by atoms with Crippen molar-refractivity contribution in [3.8, 4) is 0 Å². The second-order valence-corrected chi connectivity index (χ2v) is 5.83. The first-order chi connectivity index (χ1) is 10.1. The zero-order valence-corrected chi connectivity index (χ0v) is 12.3. The maximum atomic E-state index is 12.5. The summed E-state index contributed by atoms with van der Waals surface area (Å²) in [7, 11) is 0. The van der Waals surface area contributed by atoms with Crippen LogP contribution in [-0.2, 0) is 4.79 Å². The largest absolute Gasteiger partial charge is 0.409 e. The van der Waals surface area contributed by atoms with Gasteiger partial charge in [0, 0.05) is 6.04 Å². The first kappa shape index (κ1) is 15.4. The molecule has 1 aliphatic rings. The molecule has 1 fully saturated rings. The highest BCUT2D eigenvalue weighted by molar-refractivity contribution is 6.07. The van der Waals surface area contributed by atoms with E-state index in [0.29, 0.717) is 0 Å². The molecule has 1 saturated carbocycles. The van der Waals surface area contributed by atoms with Gasteiger partial charge in [0.15, 0.2) is 5.84 Å². The molecule has 1 amide bonds. The first-order valence-corrected chi connectivity index (χ1v) is 7.44. The lowest BCUT2D eigenvalue weighted by molar-refractivity contribution is -0.122. The third-order valence-electron chi connectivity index (χ3n) is 4.17. The average molecular weight is 289 g/mol. The molecule has 0 radical (unpaired) electrons. The van der Waals surface area contributed by atoms with E-state index in [1.807, 2.05) is 30.3 Å². The van der Waals surface area contributed by atoms with Crippen molar-refractivity contribution in [2.75, 3.05) is 0 Å². The fourth-order valence-corrected chi connectivity index (χ4v) is 2.85. The zero-order valence-electron chi connectivity index (χ0n) is 12.3. The number of amidine groups is 1. The highest BCUT2D eigenvalue weighted by Gasteiger charge is 2.28. The van der Waals surface area contributed by atoms with Crippen LogP contribution >= 0.6 is 0 Å². The van der Waals surface area contributed by atoms with Crippen LogP contribution in [0.1, 0.15) is 44.1 Å². The molecule has 5 nitrogen and oxygen atoms in total. The van der Waals surface area contributed by atoms with Crippen molar-refractivity contribution < 1.29 is 10.0 Å². The standard InChI is InChI=1S/C16H23N3O2/c1-11-7-9-13(10-8-11)18-16(20)14(15(17)19-21)12-5-3-2-4-6-12/h2-6,11,13-14,21H,7-10H2,1H3,(H2,17,19)(H,18,20). The number of hydrogen-bond donors (Lipinski definition) is 3. The van der Waals surface area contributed by atoms with Crippen molar-refractivity contribution in [2.45, 2.75) is 44.6 Å². The van der Waals surface area contributed by atoms with Crippen LogP contribution in [0, 0.1) is 5.92 Å². The van der Waals surface area contributed by atoms with Crippen molar-refractivity contribution in [1.29, 1.82) is 0 Å². The maximum absolute atomic E-state index is 12.5. The molecule has 21 heavy (non-hydrogen) atoms. The second kappa shape index (κ2) is 7.11. The van der Waals surface area contributed by atoms with Crippen LogP contribution in [0.4, 0.5) is 0 Å². The van der Waals surface area contributed by atoms with Crippen LogP contribution in [0.25, 0.3) is 0 Å². The highest BCUT2D eigenvalue weighted by atomic mass is 16.4. The molecule has 0 bridgehead atoms. The Bertz CT molecular complexity index is 494. The molecule has 114 valence electrons. The molecular weight excluding hydrogens is 266 g/mol. The minimum atomic E-state index is -0.740. The molecule has 1 aliphatic carbocycles. The van der Waals surface area contributed by atoms with E-state index in [4.69, 9.17) is 10.9 Å². The Kier molecular flexibility index (Phi) is 5.20. The molecule has 1 unspecified atom stereocenters. The minimum Gasteiger partial charge on any atom is -0.409 e. The second-order valence-electron chi connectivity index (χ2n) is 5.83. The number of nitrogens with two attached hydrogens (primary N) is 1. The van der Waals surface area contributed by atoms with Crippen molar-refractivity contribution in [1.82, 2.24) is 5.32 Å². The number of nitrogens with one attached hydrogen (secondary N) is 1. The summed E-state index contributed by atoms with van der Waals surface area (Å²) in [5.41, 5.74) is 6.45. The highest BCUT2D eigenvalue weighted by Crippen LogP contribution is 2.24. The van der Waals surface area contributed by atoms with E-state index < -0.39 is 5.92 Å². The molecule has 1 atom stereocenters. The number of amides is 1. The predicted molar refractivity (Wildman–Crippen MR) is 82.2 cm³/mol. The van der Waals surface area contributed by atoms with Crippen LogP contribution in [0.2, 0.25) is 0 Å². The summed E-state index contributed by atoms with van der Waals surface area (Å²) in [5, 5.41) is 15.0. The Labute approximate surface area is 125 Å². The molecule has 0 saturated heterocycles. The van der Waals surface area contributed by atoms with Gasteiger partial charge in [-0.2, -0.15) is 0 Å². The lowest BCUT2D eigenvalue weighted by Gasteiger charge is -2.28. The molecule has 0 aliphatic heterocycles. The van der Waals surface area contributed by atoms with E-state index in [1.165, 1.54) is 0 Å². The number of oxime groups is 1. The van der Waals surface area contributed by atoms with Gasteiger partial charge in [0.05, 0.1) is 0 Å². The van der Waals surface area contributed by atoms with Gasteiger partial charge < -0.3 is 16.3 Å². The van der Waals surface area contributed by atoms with E-state index in [9.17, 15) is 4.79 Å². The van der Waals surface area contributed by atoms with Gasteiger partial charge in [0.2, 0.25) is 5.91 Å². The number of hydrogen-bond acceptors (Lipinski definition) is 3. The number of benzene rings is 1. The Balaban J connectivity index is 2.09. The van der Waals surface area contributed by atoms with Crippen molar-refractivity contribution in [2.24, 2.45) is 16.8 Å². The van der Waals surface area contributed by atoms with Gasteiger partial charge in [-0.25, -0.2) is 0 Å². The summed E-state index contributed by atoms with van der Waals surface area (Å²) in [6, 6.07) is 9.35. The van der Waals surface area contributed by atoms with Gasteiger partial charge in [-0.3, -0.25) is 4.79 Å². The summed E-state index contributed by atoms with van der Waals surface area (Å²) in [5.74, 6) is -0.290. The molecule has 0 spiro atoms. The smallest absolute Gasteiger partial charge is 0.235 e. The van der Waals surface area contributed by atoms with Gasteiger partial charge in [0.1, 0.15) is 5.92 Å². The maximum Gasteiger partial charge on any atom is 0.235 e. The van der Waals surface area contributed by atoms with Crippen molar-refractivity contribution >= 4 is 11.7 Å². The number of rotatable bonds is 4. The van der Waals surface area contributed by atoms with Gasteiger partial charge in [-0.05, 0) is 37.2 Å². The Morgan fingerprint density at radius 1 is 1.29 bits per heavy atom. The molecule has 4 N–H and O–H groups in total. The van der Waals surface area contributed by atoms with Crippen LogP contribution in [0.15, 0.2) is 35.5 Å². The van der Waals surface area contributed by atoms with Gasteiger partial charge >= 0.3 is 0 Å². The molecule has 2 rings (SSSR count). The summed E-state index contributed by atoms with van der Waals surface area (Å²) in [6.45, 7) is 2.24. The van der Waals surface area contributed by atoms with Gasteiger partial charge in [-0.15, -0.1) is 0 Å². The lowest BCUT2D eigenvalue weighted by Crippen LogP contribution is -2.43. The Morgan fingerprint density at radius 2 is 1.90 bits per heavy atom. The number of carbonyl (C=O) groups is 1. The third-order valence-corrected chi connectivity index (χ3v) is 4.17. The predicted octanol–water partition coefficient (Wildman–Crippen LogP) is 2.21.